The third-order valence-corrected chi connectivity index (χ3v) is 5.87. The van der Waals surface area contributed by atoms with Crippen molar-refractivity contribution in [1.82, 2.24) is 25.1 Å². The first-order valence-electron chi connectivity index (χ1n) is 10.6. The summed E-state index contributed by atoms with van der Waals surface area (Å²) in [6.07, 6.45) is 7.28. The third kappa shape index (κ3) is 3.84. The van der Waals surface area contributed by atoms with Crippen LogP contribution in [-0.2, 0) is 28.9 Å². The zero-order chi connectivity index (χ0) is 21.2. The Balaban J connectivity index is 1.53. The molecule has 1 amide bonds. The zero-order valence-electron chi connectivity index (χ0n) is 17.5. The second-order valence-corrected chi connectivity index (χ2v) is 7.94. The Bertz CT molecular complexity index is 1100. The Morgan fingerprint density at radius 3 is 2.97 bits per heavy atom. The van der Waals surface area contributed by atoms with E-state index in [0.29, 0.717) is 30.4 Å². The van der Waals surface area contributed by atoms with Crippen LogP contribution in [0.25, 0.3) is 17.2 Å². The van der Waals surface area contributed by atoms with Gasteiger partial charge >= 0.3 is 0 Å². The van der Waals surface area contributed by atoms with Gasteiger partial charge in [-0.25, -0.2) is 9.97 Å². The van der Waals surface area contributed by atoms with Crippen molar-refractivity contribution in [2.75, 3.05) is 20.3 Å². The summed E-state index contributed by atoms with van der Waals surface area (Å²) < 4.78 is 12.3. The van der Waals surface area contributed by atoms with Crippen LogP contribution in [0.3, 0.4) is 0 Å². The van der Waals surface area contributed by atoms with Crippen molar-refractivity contribution >= 4 is 5.91 Å². The van der Waals surface area contributed by atoms with Gasteiger partial charge in [-0.2, -0.15) is 9.78 Å². The van der Waals surface area contributed by atoms with Gasteiger partial charge in [0.2, 0.25) is 0 Å². The van der Waals surface area contributed by atoms with E-state index in [2.05, 4.69) is 33.6 Å². The number of amides is 1. The quantitative estimate of drug-likeness (QED) is 0.683. The number of benzene rings is 1. The van der Waals surface area contributed by atoms with Gasteiger partial charge in [0.1, 0.15) is 0 Å². The van der Waals surface area contributed by atoms with E-state index in [1.165, 1.54) is 5.56 Å². The monoisotopic (exact) mass is 419 g/mol. The summed E-state index contributed by atoms with van der Waals surface area (Å²) in [6.45, 7) is 1.42. The first kappa shape index (κ1) is 19.8. The Labute approximate surface area is 180 Å². The molecule has 2 aromatic heterocycles. The van der Waals surface area contributed by atoms with Crippen molar-refractivity contribution in [3.8, 4) is 17.2 Å². The van der Waals surface area contributed by atoms with Crippen molar-refractivity contribution < 1.29 is 14.3 Å². The minimum Gasteiger partial charge on any atom is -0.379 e. The van der Waals surface area contributed by atoms with Crippen molar-refractivity contribution in [2.45, 2.75) is 38.3 Å². The molecule has 3 heterocycles. The smallest absolute Gasteiger partial charge is 0.255 e. The minimum absolute atomic E-state index is 0.0199. The lowest BCUT2D eigenvalue weighted by Gasteiger charge is -2.13. The summed E-state index contributed by atoms with van der Waals surface area (Å²) in [4.78, 5) is 22.3. The molecule has 160 valence electrons. The van der Waals surface area contributed by atoms with Crippen molar-refractivity contribution in [3.63, 3.8) is 0 Å². The number of hydrogen-bond donors (Lipinski definition) is 1. The molecule has 3 aromatic rings. The molecule has 1 fully saturated rings. The van der Waals surface area contributed by atoms with Crippen LogP contribution in [0.1, 0.15) is 40.0 Å². The number of carbonyl (C=O) groups excluding carboxylic acids is 1. The lowest BCUT2D eigenvalue weighted by Crippen LogP contribution is -2.35. The molecule has 0 unspecified atom stereocenters. The molecule has 1 saturated heterocycles. The molecule has 1 aliphatic carbocycles. The molecule has 0 radical (unpaired) electrons. The maximum absolute atomic E-state index is 12.9. The molecule has 8 nitrogen and oxygen atoms in total. The SMILES string of the molecule is COCc1c(C(=O)N[C@@H]2CCOC2)cnn1-c1ncc2c(n1)-c1ccccc1CCC2. The first-order valence-corrected chi connectivity index (χ1v) is 10.6. The van der Waals surface area contributed by atoms with Crippen LogP contribution < -0.4 is 5.32 Å². The standard InChI is InChI=1S/C23H25N5O3/c1-30-14-20-19(22(29)26-17-9-10-31-13-17)12-25-28(20)23-24-11-16-7-4-6-15-5-2-3-8-18(15)21(16)27-23/h2-3,5,8,11-12,17H,4,6-7,9-10,13-14H2,1H3,(H,26,29)/t17-/m1/s1. The molecule has 31 heavy (non-hydrogen) atoms. The summed E-state index contributed by atoms with van der Waals surface area (Å²) in [5.41, 5.74) is 5.59. The second-order valence-electron chi connectivity index (χ2n) is 7.94. The molecule has 0 spiro atoms. The molecule has 0 bridgehead atoms. The van der Waals surface area contributed by atoms with Crippen molar-refractivity contribution in [2.24, 2.45) is 0 Å². The van der Waals surface area contributed by atoms with Gasteiger partial charge in [-0.3, -0.25) is 4.79 Å². The van der Waals surface area contributed by atoms with Crippen LogP contribution in [0.5, 0.6) is 0 Å². The molecular formula is C23H25N5O3. The first-order chi connectivity index (χ1) is 15.2. The molecule has 8 heteroatoms. The predicted octanol–water partition coefficient (Wildman–Crippen LogP) is 2.48. The summed E-state index contributed by atoms with van der Waals surface area (Å²) >= 11 is 0. The largest absolute Gasteiger partial charge is 0.379 e. The number of carbonyl (C=O) groups is 1. The van der Waals surface area contributed by atoms with E-state index < -0.39 is 0 Å². The minimum atomic E-state index is -0.186. The fourth-order valence-corrected chi connectivity index (χ4v) is 4.28. The van der Waals surface area contributed by atoms with E-state index in [1.54, 1.807) is 18.0 Å². The lowest BCUT2D eigenvalue weighted by molar-refractivity contribution is 0.0924. The number of aromatic nitrogens is 4. The van der Waals surface area contributed by atoms with Gasteiger partial charge < -0.3 is 14.8 Å². The van der Waals surface area contributed by atoms with E-state index >= 15 is 0 Å². The van der Waals surface area contributed by atoms with Gasteiger partial charge in [0, 0.05) is 25.5 Å². The summed E-state index contributed by atoms with van der Waals surface area (Å²) in [7, 11) is 1.60. The maximum atomic E-state index is 12.9. The zero-order valence-corrected chi connectivity index (χ0v) is 17.5. The van der Waals surface area contributed by atoms with E-state index in [1.807, 2.05) is 12.3 Å². The molecule has 0 saturated carbocycles. The van der Waals surface area contributed by atoms with Crippen LogP contribution in [0.2, 0.25) is 0 Å². The molecule has 2 aliphatic rings. The highest BCUT2D eigenvalue weighted by atomic mass is 16.5. The Kier molecular flexibility index (Phi) is 5.48. The Morgan fingerprint density at radius 2 is 2.13 bits per heavy atom. The number of fused-ring (bicyclic) bond motifs is 3. The van der Waals surface area contributed by atoms with Crippen LogP contribution in [0.4, 0.5) is 0 Å². The van der Waals surface area contributed by atoms with Gasteiger partial charge in [-0.05, 0) is 36.8 Å². The third-order valence-electron chi connectivity index (χ3n) is 5.87. The van der Waals surface area contributed by atoms with Crippen LogP contribution in [0, 0.1) is 0 Å². The summed E-state index contributed by atoms with van der Waals surface area (Å²) in [5.74, 6) is 0.250. The summed E-state index contributed by atoms with van der Waals surface area (Å²) in [5, 5.41) is 7.46. The van der Waals surface area contributed by atoms with E-state index in [4.69, 9.17) is 14.5 Å². The highest BCUT2D eigenvalue weighted by Gasteiger charge is 2.25. The van der Waals surface area contributed by atoms with Gasteiger partial charge in [0.05, 0.1) is 42.4 Å². The average Bonchev–Trinajstić information content (AvgIpc) is 3.40. The highest BCUT2D eigenvalue weighted by Crippen LogP contribution is 2.31. The van der Waals surface area contributed by atoms with Gasteiger partial charge in [0.15, 0.2) is 0 Å². The van der Waals surface area contributed by atoms with Crippen molar-refractivity contribution in [1.29, 1.82) is 0 Å². The number of nitrogens with zero attached hydrogens (tertiary/aromatic N) is 4. The molecule has 1 atom stereocenters. The highest BCUT2D eigenvalue weighted by molar-refractivity contribution is 5.95. The Hall–Kier alpha value is -3.10. The van der Waals surface area contributed by atoms with Crippen LogP contribution in [0.15, 0.2) is 36.7 Å². The van der Waals surface area contributed by atoms with Gasteiger partial charge in [-0.1, -0.05) is 24.3 Å². The van der Waals surface area contributed by atoms with E-state index in [9.17, 15) is 4.79 Å². The number of rotatable bonds is 5. The topological polar surface area (TPSA) is 91.2 Å². The molecule has 1 N–H and O–H groups in total. The molecule has 1 aromatic carbocycles. The van der Waals surface area contributed by atoms with E-state index in [-0.39, 0.29) is 18.6 Å². The Morgan fingerprint density at radius 1 is 1.26 bits per heavy atom. The maximum Gasteiger partial charge on any atom is 0.255 e. The molecular weight excluding hydrogens is 394 g/mol. The number of nitrogens with one attached hydrogen (secondary N) is 1. The van der Waals surface area contributed by atoms with Crippen LogP contribution in [-0.4, -0.2) is 52.0 Å². The second kappa shape index (κ2) is 8.56. The number of aryl methyl sites for hydroxylation is 2. The fraction of sp³-hybridized carbons (Fsp3) is 0.391. The van der Waals surface area contributed by atoms with Crippen molar-refractivity contribution in [3.05, 3.63) is 59.0 Å². The predicted molar refractivity (Wildman–Crippen MR) is 114 cm³/mol. The summed E-state index contributed by atoms with van der Waals surface area (Å²) in [6, 6.07) is 8.39. The molecule has 1 aliphatic heterocycles. The van der Waals surface area contributed by atoms with Gasteiger partial charge in [0.25, 0.3) is 11.9 Å². The normalized spacial score (nSPS) is 17.6. The number of methoxy groups -OCH3 is 1. The number of ether oxygens (including phenoxy) is 2. The van der Waals surface area contributed by atoms with Gasteiger partial charge in [-0.15, -0.1) is 0 Å². The lowest BCUT2D eigenvalue weighted by atomic mass is 10.0. The van der Waals surface area contributed by atoms with Crippen LogP contribution >= 0.6 is 0 Å². The number of hydrogen-bond acceptors (Lipinski definition) is 6. The molecule has 5 rings (SSSR count). The van der Waals surface area contributed by atoms with E-state index in [0.717, 1.165) is 42.5 Å². The fourth-order valence-electron chi connectivity index (χ4n) is 4.28. The average molecular weight is 419 g/mol.